The maximum absolute atomic E-state index is 13.7. The monoisotopic (exact) mass is 580 g/mol. The fraction of sp³-hybridized carbons (Fsp3) is 0.188. The van der Waals surface area contributed by atoms with Crippen molar-refractivity contribution < 1.29 is 28.1 Å². The van der Waals surface area contributed by atoms with Gasteiger partial charge in [-0.1, -0.05) is 12.1 Å². The van der Waals surface area contributed by atoms with Crippen molar-refractivity contribution in [3.63, 3.8) is 0 Å². The number of ketones is 1. The van der Waals surface area contributed by atoms with Crippen LogP contribution in [0.25, 0.3) is 33.4 Å². The normalized spacial score (nSPS) is 13.8. The number of furan rings is 1. The third-order valence-electron chi connectivity index (χ3n) is 7.71. The number of amides is 1. The molecule has 216 valence electrons. The molecule has 5 aromatic rings. The number of ether oxygens (including phenoxy) is 1. The van der Waals surface area contributed by atoms with E-state index in [4.69, 9.17) is 9.15 Å². The third-order valence-corrected chi connectivity index (χ3v) is 7.71. The maximum atomic E-state index is 13.7. The van der Waals surface area contributed by atoms with Crippen molar-refractivity contribution in [1.29, 1.82) is 0 Å². The van der Waals surface area contributed by atoms with Gasteiger partial charge in [-0.05, 0) is 60.5 Å². The molecule has 0 unspecified atom stereocenters. The molecule has 3 heterocycles. The second-order valence-electron chi connectivity index (χ2n) is 10.5. The molecule has 2 aromatic heterocycles. The van der Waals surface area contributed by atoms with E-state index in [0.29, 0.717) is 46.7 Å². The number of nitrogens with zero attached hydrogens (tertiary/aromatic N) is 3. The number of hydrogen-bond donors (Lipinski definition) is 1. The molecule has 43 heavy (non-hydrogen) atoms. The molecule has 0 radical (unpaired) electrons. The predicted molar refractivity (Wildman–Crippen MR) is 155 cm³/mol. The lowest BCUT2D eigenvalue weighted by Crippen LogP contribution is -2.49. The summed E-state index contributed by atoms with van der Waals surface area (Å²) in [6, 6.07) is 14.9. The van der Waals surface area contributed by atoms with Crippen LogP contribution in [0.2, 0.25) is 0 Å². The van der Waals surface area contributed by atoms with Crippen molar-refractivity contribution in [2.45, 2.75) is 18.8 Å². The first-order chi connectivity index (χ1) is 20.7. The Hall–Kier alpha value is -5.29. The Morgan fingerprint density at radius 2 is 1.74 bits per heavy atom. The largest absolute Gasteiger partial charge is 0.455 e. The van der Waals surface area contributed by atoms with E-state index >= 15 is 0 Å². The molecule has 0 atom stereocenters. The van der Waals surface area contributed by atoms with E-state index in [1.165, 1.54) is 43.4 Å². The van der Waals surface area contributed by atoms with Gasteiger partial charge in [0.1, 0.15) is 23.0 Å². The van der Waals surface area contributed by atoms with Crippen LogP contribution in [0.5, 0.6) is 0 Å². The average molecular weight is 581 g/mol. The Bertz CT molecular complexity index is 1900. The summed E-state index contributed by atoms with van der Waals surface area (Å²) >= 11 is 0. The van der Waals surface area contributed by atoms with Gasteiger partial charge < -0.3 is 14.5 Å². The lowest BCUT2D eigenvalue weighted by molar-refractivity contribution is -0.384. The second kappa shape index (κ2) is 10.8. The molecule has 1 fully saturated rings. The van der Waals surface area contributed by atoms with E-state index in [1.807, 2.05) is 0 Å². The Labute approximate surface area is 244 Å². The number of nitrogens with one attached hydrogen (secondary N) is 1. The molecule has 1 aliphatic rings. The van der Waals surface area contributed by atoms with Crippen molar-refractivity contribution in [2.24, 2.45) is 0 Å². The first-order valence-corrected chi connectivity index (χ1v) is 13.4. The zero-order chi connectivity index (χ0) is 30.3. The smallest absolute Gasteiger partial charge is 0.280 e. The lowest BCUT2D eigenvalue weighted by atomic mass is 9.78. The molecule has 11 heteroatoms. The van der Waals surface area contributed by atoms with E-state index in [2.05, 4.69) is 15.3 Å². The minimum atomic E-state index is -0.651. The molecule has 1 aliphatic heterocycles. The van der Waals surface area contributed by atoms with Gasteiger partial charge in [0, 0.05) is 42.4 Å². The molecule has 1 N–H and O–H groups in total. The Balaban J connectivity index is 1.47. The summed E-state index contributed by atoms with van der Waals surface area (Å²) in [4.78, 5) is 47.1. The topological polar surface area (TPSA) is 137 Å². The molecular weight excluding hydrogens is 555 g/mol. The minimum absolute atomic E-state index is 0.103. The number of halogens is 1. The average Bonchev–Trinajstić information content (AvgIpc) is 3.37. The highest BCUT2D eigenvalue weighted by Gasteiger charge is 2.45. The number of rotatable bonds is 8. The summed E-state index contributed by atoms with van der Waals surface area (Å²) in [7, 11) is 1.46. The van der Waals surface area contributed by atoms with Gasteiger partial charge in [-0.15, -0.1) is 0 Å². The molecule has 0 bridgehead atoms. The summed E-state index contributed by atoms with van der Waals surface area (Å²) < 4.78 is 25.0. The standard InChI is InChI=1S/C32H25FN4O6/c1-18-4-5-20(12-22(18)26(38)15-32(16-42-17-32)31-35-10-3-11-36-31)23-13-24-27(14-25(23)37(40)41)43-29(28(24)30(39)34-2)19-6-8-21(33)9-7-19/h3-14H,15-17H2,1-2H3,(H,34,39). The number of carbonyl (C=O) groups excluding carboxylic acids is 2. The van der Waals surface area contributed by atoms with Crippen LogP contribution in [0.1, 0.15) is 38.5 Å². The molecule has 0 saturated carbocycles. The van der Waals surface area contributed by atoms with Crippen LogP contribution in [0.4, 0.5) is 10.1 Å². The van der Waals surface area contributed by atoms with Crippen molar-refractivity contribution in [2.75, 3.05) is 20.3 Å². The minimum Gasteiger partial charge on any atom is -0.455 e. The van der Waals surface area contributed by atoms with E-state index in [-0.39, 0.29) is 40.4 Å². The van der Waals surface area contributed by atoms with Crippen LogP contribution >= 0.6 is 0 Å². The fourth-order valence-corrected chi connectivity index (χ4v) is 5.39. The first-order valence-electron chi connectivity index (χ1n) is 13.4. The molecule has 0 aliphatic carbocycles. The number of benzene rings is 3. The molecule has 1 saturated heterocycles. The van der Waals surface area contributed by atoms with Crippen LogP contribution in [0.15, 0.2) is 77.5 Å². The second-order valence-corrected chi connectivity index (χ2v) is 10.5. The zero-order valence-electron chi connectivity index (χ0n) is 23.2. The van der Waals surface area contributed by atoms with E-state index in [1.54, 1.807) is 43.6 Å². The van der Waals surface area contributed by atoms with Crippen molar-refractivity contribution in [3.05, 3.63) is 112 Å². The van der Waals surface area contributed by atoms with Crippen molar-refractivity contribution >= 4 is 28.3 Å². The summed E-state index contributed by atoms with van der Waals surface area (Å²) in [5, 5.41) is 15.2. The molecule has 1 amide bonds. The van der Waals surface area contributed by atoms with Crippen molar-refractivity contribution in [1.82, 2.24) is 15.3 Å². The quantitative estimate of drug-likeness (QED) is 0.138. The highest BCUT2D eigenvalue weighted by molar-refractivity contribution is 6.12. The Morgan fingerprint density at radius 1 is 1.05 bits per heavy atom. The first kappa shape index (κ1) is 27.9. The number of Topliss-reactive ketones (excluding diaryl/α,β-unsaturated/α-hetero) is 1. The number of carbonyl (C=O) groups is 2. The van der Waals surface area contributed by atoms with Gasteiger partial charge in [0.15, 0.2) is 5.78 Å². The number of aromatic nitrogens is 2. The van der Waals surface area contributed by atoms with E-state index in [0.717, 1.165) is 0 Å². The van der Waals surface area contributed by atoms with Crippen molar-refractivity contribution in [3.8, 4) is 22.5 Å². The van der Waals surface area contributed by atoms with Gasteiger partial charge in [0.05, 0.1) is 40.7 Å². The number of nitro benzene ring substituents is 1. The fourth-order valence-electron chi connectivity index (χ4n) is 5.39. The van der Waals surface area contributed by atoms with Crippen LogP contribution in [0.3, 0.4) is 0 Å². The number of fused-ring (bicyclic) bond motifs is 1. The number of aryl methyl sites for hydroxylation is 1. The summed E-state index contributed by atoms with van der Waals surface area (Å²) in [5.41, 5.74) is 1.52. The molecule has 3 aromatic carbocycles. The maximum Gasteiger partial charge on any atom is 0.280 e. The number of nitro groups is 1. The van der Waals surface area contributed by atoms with Gasteiger partial charge in [0.2, 0.25) is 0 Å². The highest BCUT2D eigenvalue weighted by Crippen LogP contribution is 2.41. The number of hydrogen-bond acceptors (Lipinski definition) is 8. The highest BCUT2D eigenvalue weighted by atomic mass is 19.1. The van der Waals surface area contributed by atoms with Crippen LogP contribution in [-0.4, -0.2) is 46.8 Å². The predicted octanol–water partition coefficient (Wildman–Crippen LogP) is 5.81. The molecule has 10 nitrogen and oxygen atoms in total. The van der Waals surface area contributed by atoms with Gasteiger partial charge in [-0.25, -0.2) is 14.4 Å². The summed E-state index contributed by atoms with van der Waals surface area (Å²) in [5.74, 6) is -0.434. The molecular formula is C32H25FN4O6. The van der Waals surface area contributed by atoms with E-state index < -0.39 is 22.1 Å². The van der Waals surface area contributed by atoms with Gasteiger partial charge in [-0.2, -0.15) is 0 Å². The molecule has 0 spiro atoms. The SMILES string of the molecule is CNC(=O)c1c(-c2ccc(F)cc2)oc2cc([N+](=O)[O-])c(-c3ccc(C)c(C(=O)CC4(c5ncccn5)COC4)c3)cc12. The van der Waals surface area contributed by atoms with E-state index in [9.17, 15) is 24.1 Å². The van der Waals surface area contributed by atoms with Crippen LogP contribution < -0.4 is 5.32 Å². The summed E-state index contributed by atoms with van der Waals surface area (Å²) in [6.07, 6.45) is 3.35. The Morgan fingerprint density at radius 3 is 2.37 bits per heavy atom. The van der Waals surface area contributed by atoms with Gasteiger partial charge >= 0.3 is 0 Å². The summed E-state index contributed by atoms with van der Waals surface area (Å²) in [6.45, 7) is 2.41. The third kappa shape index (κ3) is 4.93. The van der Waals surface area contributed by atoms with Crippen LogP contribution in [0, 0.1) is 22.9 Å². The Kier molecular flexibility index (Phi) is 7.02. The zero-order valence-corrected chi connectivity index (χ0v) is 23.2. The lowest BCUT2D eigenvalue weighted by Gasteiger charge is -2.39. The van der Waals surface area contributed by atoms with Gasteiger partial charge in [0.25, 0.3) is 11.6 Å². The van der Waals surface area contributed by atoms with Crippen LogP contribution in [-0.2, 0) is 10.2 Å². The van der Waals surface area contributed by atoms with Gasteiger partial charge in [-0.3, -0.25) is 19.7 Å². The molecule has 6 rings (SSSR count).